The molecule has 8 heteroatoms. The van der Waals surface area contributed by atoms with E-state index in [0.29, 0.717) is 23.6 Å². The number of carbonyl (C=O) groups excluding carboxylic acids is 1. The normalized spacial score (nSPS) is 11.2. The van der Waals surface area contributed by atoms with Crippen molar-refractivity contribution in [3.8, 4) is 5.75 Å². The number of nitrogens with one attached hydrogen (secondary N) is 2. The number of amides is 1. The van der Waals surface area contributed by atoms with E-state index in [1.54, 1.807) is 18.2 Å². The quantitative estimate of drug-likeness (QED) is 0.262. The summed E-state index contributed by atoms with van der Waals surface area (Å²) in [6.45, 7) is 0.415. The fourth-order valence-corrected chi connectivity index (χ4v) is 4.26. The Bertz CT molecular complexity index is 1410. The first-order valence-corrected chi connectivity index (χ1v) is 12.3. The van der Waals surface area contributed by atoms with Crippen LogP contribution in [0.3, 0.4) is 0 Å². The molecule has 0 aromatic heterocycles. The number of hydrogen-bond donors (Lipinski definition) is 2. The molecule has 0 radical (unpaired) electrons. The largest absolute Gasteiger partial charge is 0.488 e. The number of ether oxygens (including phenoxy) is 1. The van der Waals surface area contributed by atoms with E-state index in [1.807, 2.05) is 54.6 Å². The molecule has 2 N–H and O–H groups in total. The van der Waals surface area contributed by atoms with Crippen LogP contribution in [0.2, 0.25) is 0 Å². The molecule has 0 fully saturated rings. The molecular weight excluding hydrogens is 462 g/mol. The van der Waals surface area contributed by atoms with Gasteiger partial charge in [-0.15, -0.1) is 0 Å². The van der Waals surface area contributed by atoms with Crippen molar-refractivity contribution in [2.75, 3.05) is 4.72 Å². The maximum Gasteiger partial charge on any atom is 0.271 e. The highest BCUT2D eigenvalue weighted by atomic mass is 32.2. The van der Waals surface area contributed by atoms with Crippen LogP contribution in [0.1, 0.15) is 21.5 Å². The highest BCUT2D eigenvalue weighted by Gasteiger charge is 2.14. The molecule has 176 valence electrons. The van der Waals surface area contributed by atoms with Gasteiger partial charge in [0.05, 0.1) is 11.1 Å². The summed E-state index contributed by atoms with van der Waals surface area (Å²) in [4.78, 5) is 12.6. The van der Waals surface area contributed by atoms with Gasteiger partial charge in [-0.25, -0.2) is 13.8 Å². The van der Waals surface area contributed by atoms with Gasteiger partial charge in [0.25, 0.3) is 15.9 Å². The summed E-state index contributed by atoms with van der Waals surface area (Å²) in [7, 11) is -3.70. The number of hydrogen-bond acceptors (Lipinski definition) is 5. The summed E-state index contributed by atoms with van der Waals surface area (Å²) in [5.74, 6) is 0.214. The lowest BCUT2D eigenvalue weighted by Crippen LogP contribution is -2.18. The maximum absolute atomic E-state index is 12.5. The second-order valence-electron chi connectivity index (χ2n) is 7.51. The molecule has 0 heterocycles. The highest BCUT2D eigenvalue weighted by molar-refractivity contribution is 7.92. The minimum atomic E-state index is -3.70. The SMILES string of the molecule is O=C(N/N=C/c1ccccc1OCc1ccccc1)c1ccc(NS(=O)(=O)c2ccccc2)cc1. The van der Waals surface area contributed by atoms with Crippen LogP contribution in [0.4, 0.5) is 5.69 Å². The Kier molecular flexibility index (Phi) is 7.54. The topological polar surface area (TPSA) is 96.9 Å². The lowest BCUT2D eigenvalue weighted by Gasteiger charge is -2.09. The molecule has 0 atom stereocenters. The van der Waals surface area contributed by atoms with Crippen molar-refractivity contribution in [2.45, 2.75) is 11.5 Å². The molecule has 4 aromatic carbocycles. The van der Waals surface area contributed by atoms with E-state index in [9.17, 15) is 13.2 Å². The van der Waals surface area contributed by atoms with Crippen LogP contribution in [-0.2, 0) is 16.6 Å². The van der Waals surface area contributed by atoms with Gasteiger partial charge in [0.2, 0.25) is 0 Å². The Morgan fingerprint density at radius 1 is 0.800 bits per heavy atom. The average Bonchev–Trinajstić information content (AvgIpc) is 2.89. The van der Waals surface area contributed by atoms with Crippen LogP contribution in [0.25, 0.3) is 0 Å². The third-order valence-corrected chi connectivity index (χ3v) is 6.38. The van der Waals surface area contributed by atoms with Crippen LogP contribution in [0, 0.1) is 0 Å². The summed E-state index contributed by atoms with van der Waals surface area (Å²) in [6.07, 6.45) is 1.51. The maximum atomic E-state index is 12.5. The number of nitrogens with zero attached hydrogens (tertiary/aromatic N) is 1. The van der Waals surface area contributed by atoms with Gasteiger partial charge < -0.3 is 4.74 Å². The number of hydrazone groups is 1. The van der Waals surface area contributed by atoms with Gasteiger partial charge in [-0.2, -0.15) is 5.10 Å². The molecule has 1 amide bonds. The fraction of sp³-hybridized carbons (Fsp3) is 0.0370. The van der Waals surface area contributed by atoms with Crippen molar-refractivity contribution in [2.24, 2.45) is 5.10 Å². The summed E-state index contributed by atoms with van der Waals surface area (Å²) >= 11 is 0. The second-order valence-corrected chi connectivity index (χ2v) is 9.19. The molecule has 0 aliphatic heterocycles. The summed E-state index contributed by atoms with van der Waals surface area (Å²) in [5.41, 5.74) is 4.92. The number of para-hydroxylation sites is 1. The third-order valence-electron chi connectivity index (χ3n) is 4.98. The van der Waals surface area contributed by atoms with E-state index in [1.165, 1.54) is 42.6 Å². The van der Waals surface area contributed by atoms with Gasteiger partial charge in [-0.3, -0.25) is 9.52 Å². The zero-order valence-corrected chi connectivity index (χ0v) is 19.5. The monoisotopic (exact) mass is 485 g/mol. The predicted octanol–water partition coefficient (Wildman–Crippen LogP) is 4.83. The molecule has 4 rings (SSSR count). The second kappa shape index (κ2) is 11.1. The Balaban J connectivity index is 1.35. The average molecular weight is 486 g/mol. The Labute approximate surface area is 204 Å². The number of anilines is 1. The number of sulfonamides is 1. The molecule has 0 spiro atoms. The first-order valence-electron chi connectivity index (χ1n) is 10.8. The van der Waals surface area contributed by atoms with E-state index in [2.05, 4.69) is 15.2 Å². The van der Waals surface area contributed by atoms with E-state index in [4.69, 9.17) is 4.74 Å². The van der Waals surface area contributed by atoms with Crippen LogP contribution in [-0.4, -0.2) is 20.5 Å². The fourth-order valence-electron chi connectivity index (χ4n) is 3.18. The molecule has 4 aromatic rings. The van der Waals surface area contributed by atoms with Crippen LogP contribution in [0.15, 0.2) is 119 Å². The van der Waals surface area contributed by atoms with E-state index < -0.39 is 15.9 Å². The predicted molar refractivity (Wildman–Crippen MR) is 136 cm³/mol. The minimum Gasteiger partial charge on any atom is -0.488 e. The van der Waals surface area contributed by atoms with Gasteiger partial charge in [0.1, 0.15) is 12.4 Å². The van der Waals surface area contributed by atoms with E-state index in [0.717, 1.165) is 11.1 Å². The van der Waals surface area contributed by atoms with E-state index in [-0.39, 0.29) is 4.90 Å². The smallest absolute Gasteiger partial charge is 0.271 e. The van der Waals surface area contributed by atoms with Gasteiger partial charge in [-0.05, 0) is 54.1 Å². The standard InChI is InChI=1S/C27H23N3O4S/c31-27(22-15-17-24(18-16-22)30-35(32,33)25-12-5-2-6-13-25)29-28-19-23-11-7-8-14-26(23)34-20-21-9-3-1-4-10-21/h1-19,30H,20H2,(H,29,31)/b28-19+. The number of rotatable bonds is 9. The van der Waals surface area contributed by atoms with Gasteiger partial charge in [0.15, 0.2) is 0 Å². The Morgan fingerprint density at radius 2 is 1.43 bits per heavy atom. The zero-order valence-electron chi connectivity index (χ0n) is 18.7. The van der Waals surface area contributed by atoms with Crippen molar-refractivity contribution in [1.82, 2.24) is 5.43 Å². The zero-order chi connectivity index (χ0) is 24.5. The summed E-state index contributed by atoms with van der Waals surface area (Å²) in [5, 5.41) is 4.04. The first kappa shape index (κ1) is 23.7. The van der Waals surface area contributed by atoms with Crippen LogP contribution in [0.5, 0.6) is 5.75 Å². The molecular formula is C27H23N3O4S. The number of benzene rings is 4. The lowest BCUT2D eigenvalue weighted by atomic mass is 10.2. The van der Waals surface area contributed by atoms with Gasteiger partial charge in [0, 0.05) is 16.8 Å². The van der Waals surface area contributed by atoms with Crippen molar-refractivity contribution < 1.29 is 17.9 Å². The van der Waals surface area contributed by atoms with Crippen molar-refractivity contribution in [3.63, 3.8) is 0 Å². The molecule has 7 nitrogen and oxygen atoms in total. The first-order chi connectivity index (χ1) is 17.0. The summed E-state index contributed by atoms with van der Waals surface area (Å²) in [6, 6.07) is 31.3. The van der Waals surface area contributed by atoms with Crippen LogP contribution < -0.4 is 14.9 Å². The number of carbonyl (C=O) groups is 1. The summed E-state index contributed by atoms with van der Waals surface area (Å²) < 4.78 is 33.2. The van der Waals surface area contributed by atoms with Gasteiger partial charge >= 0.3 is 0 Å². The molecule has 0 aliphatic carbocycles. The van der Waals surface area contributed by atoms with Crippen molar-refractivity contribution in [3.05, 3.63) is 126 Å². The molecule has 0 unspecified atom stereocenters. The lowest BCUT2D eigenvalue weighted by molar-refractivity contribution is 0.0955. The van der Waals surface area contributed by atoms with Crippen LogP contribution >= 0.6 is 0 Å². The molecule has 0 bridgehead atoms. The Hall–Kier alpha value is -4.43. The van der Waals surface area contributed by atoms with Gasteiger partial charge in [-0.1, -0.05) is 60.7 Å². The van der Waals surface area contributed by atoms with E-state index >= 15 is 0 Å². The Morgan fingerprint density at radius 3 is 2.14 bits per heavy atom. The van der Waals surface area contributed by atoms with Crippen molar-refractivity contribution >= 4 is 27.8 Å². The molecule has 0 aliphatic rings. The highest BCUT2D eigenvalue weighted by Crippen LogP contribution is 2.18. The molecule has 0 saturated carbocycles. The molecule has 0 saturated heterocycles. The minimum absolute atomic E-state index is 0.157. The third kappa shape index (κ3) is 6.55. The molecule has 35 heavy (non-hydrogen) atoms. The van der Waals surface area contributed by atoms with Crippen molar-refractivity contribution in [1.29, 1.82) is 0 Å².